The number of rotatable bonds is 5. The van der Waals surface area contributed by atoms with Crippen LogP contribution in [0.3, 0.4) is 0 Å². The van der Waals surface area contributed by atoms with E-state index < -0.39 is 27.4 Å². The molecular weight excluding hydrogens is 385 g/mol. The molecule has 0 unspecified atom stereocenters. The summed E-state index contributed by atoms with van der Waals surface area (Å²) in [4.78, 5) is 24.6. The van der Waals surface area contributed by atoms with Crippen molar-refractivity contribution in [1.29, 1.82) is 0 Å². The summed E-state index contributed by atoms with van der Waals surface area (Å²) in [6, 6.07) is 9.73. The average Bonchev–Trinajstić information content (AvgIpc) is 3.00. The highest BCUT2D eigenvalue weighted by molar-refractivity contribution is 7.90. The molecule has 0 saturated heterocycles. The summed E-state index contributed by atoms with van der Waals surface area (Å²) in [5.74, 6) is -0.988. The highest BCUT2D eigenvalue weighted by Gasteiger charge is 2.21. The second-order valence-electron chi connectivity index (χ2n) is 6.31. The van der Waals surface area contributed by atoms with E-state index in [4.69, 9.17) is 0 Å². The van der Waals surface area contributed by atoms with Crippen molar-refractivity contribution in [3.8, 4) is 0 Å². The maximum Gasteiger partial charge on any atom is 0.342 e. The number of hydrogen-bond acceptors (Lipinski definition) is 4. The summed E-state index contributed by atoms with van der Waals surface area (Å²) in [6.45, 7) is 3.25. The number of carbonyl (C=O) groups is 1. The molecule has 0 radical (unpaired) electrons. The second-order valence-corrected chi connectivity index (χ2v) is 8.13. The van der Waals surface area contributed by atoms with Gasteiger partial charge in [-0.3, -0.25) is 9.36 Å². The van der Waals surface area contributed by atoms with Crippen LogP contribution in [0.5, 0.6) is 0 Å². The number of nitrogens with one attached hydrogen (secondary N) is 1. The topological polar surface area (TPSA) is 90.2 Å². The minimum Gasteiger partial charge on any atom is -0.325 e. The van der Waals surface area contributed by atoms with Crippen molar-refractivity contribution in [2.75, 3.05) is 5.32 Å². The van der Waals surface area contributed by atoms with Gasteiger partial charge in [0.1, 0.15) is 12.4 Å². The maximum atomic E-state index is 12.9. The summed E-state index contributed by atoms with van der Waals surface area (Å²) in [5, 5.41) is 2.51. The summed E-state index contributed by atoms with van der Waals surface area (Å²) in [7, 11) is -4.08. The lowest BCUT2D eigenvalue weighted by atomic mass is 10.1. The lowest BCUT2D eigenvalue weighted by Gasteiger charge is -2.07. The zero-order valence-electron chi connectivity index (χ0n) is 15.2. The van der Waals surface area contributed by atoms with Gasteiger partial charge in [-0.1, -0.05) is 6.07 Å². The Kier molecular flexibility index (Phi) is 5.19. The normalized spacial score (nSPS) is 11.4. The molecule has 9 heteroatoms. The molecule has 0 atom stereocenters. The highest BCUT2D eigenvalue weighted by Crippen LogP contribution is 2.16. The molecule has 0 aliphatic carbocycles. The predicted molar refractivity (Wildman–Crippen MR) is 102 cm³/mol. The van der Waals surface area contributed by atoms with E-state index in [0.29, 0.717) is 9.66 Å². The summed E-state index contributed by atoms with van der Waals surface area (Å²) in [5.41, 5.74) is 1.22. The molecule has 28 heavy (non-hydrogen) atoms. The second kappa shape index (κ2) is 7.43. The summed E-state index contributed by atoms with van der Waals surface area (Å²) in [6.07, 6.45) is 2.34. The van der Waals surface area contributed by atoms with Crippen LogP contribution in [0.2, 0.25) is 0 Å². The summed E-state index contributed by atoms with van der Waals surface area (Å²) < 4.78 is 40.0. The van der Waals surface area contributed by atoms with E-state index in [9.17, 15) is 22.4 Å². The van der Waals surface area contributed by atoms with E-state index in [1.807, 2.05) is 6.92 Å². The molecule has 0 aliphatic rings. The minimum atomic E-state index is -4.08. The Balaban J connectivity index is 1.83. The first-order valence-electron chi connectivity index (χ1n) is 8.34. The number of benzene rings is 2. The fourth-order valence-corrected chi connectivity index (χ4v) is 3.89. The number of amides is 1. The van der Waals surface area contributed by atoms with Crippen LogP contribution in [-0.2, 0) is 21.4 Å². The first kappa shape index (κ1) is 19.6. The minimum absolute atomic E-state index is 0.00814. The highest BCUT2D eigenvalue weighted by atomic mass is 32.2. The molecule has 146 valence electrons. The number of imidazole rings is 1. The third-order valence-corrected chi connectivity index (χ3v) is 5.94. The van der Waals surface area contributed by atoms with Gasteiger partial charge in [-0.2, -0.15) is 3.97 Å². The van der Waals surface area contributed by atoms with Gasteiger partial charge in [-0.25, -0.2) is 17.6 Å². The van der Waals surface area contributed by atoms with Gasteiger partial charge < -0.3 is 5.32 Å². The lowest BCUT2D eigenvalue weighted by Crippen LogP contribution is -2.32. The van der Waals surface area contributed by atoms with Crippen LogP contribution >= 0.6 is 0 Å². The molecule has 1 amide bonds. The van der Waals surface area contributed by atoms with Gasteiger partial charge in [-0.15, -0.1) is 0 Å². The van der Waals surface area contributed by atoms with Crippen molar-refractivity contribution in [3.05, 3.63) is 82.3 Å². The van der Waals surface area contributed by atoms with Gasteiger partial charge in [0.25, 0.3) is 10.0 Å². The number of halogens is 1. The number of hydrogen-bond donors (Lipinski definition) is 1. The van der Waals surface area contributed by atoms with Gasteiger partial charge in [-0.05, 0) is 61.4 Å². The van der Waals surface area contributed by atoms with E-state index in [2.05, 4.69) is 5.32 Å². The number of anilines is 1. The standard InChI is InChI=1S/C19H18FN3O4S/c1-13-3-8-17(11-14(13)2)28(26,27)23-10-9-22(19(23)25)12-18(24)21-16-6-4-15(20)5-7-16/h3-11H,12H2,1-2H3,(H,21,24). The van der Waals surface area contributed by atoms with Gasteiger partial charge in [0.2, 0.25) is 5.91 Å². The molecule has 0 saturated carbocycles. The number of aromatic nitrogens is 2. The van der Waals surface area contributed by atoms with Crippen LogP contribution in [0.25, 0.3) is 0 Å². The third-order valence-electron chi connectivity index (χ3n) is 4.29. The van der Waals surface area contributed by atoms with Crippen molar-refractivity contribution in [3.63, 3.8) is 0 Å². The van der Waals surface area contributed by atoms with Crippen molar-refractivity contribution >= 4 is 21.6 Å². The molecule has 0 aliphatic heterocycles. The number of nitrogens with zero attached hydrogens (tertiary/aromatic N) is 2. The smallest absolute Gasteiger partial charge is 0.325 e. The fourth-order valence-electron chi connectivity index (χ4n) is 2.57. The molecular formula is C19H18FN3O4S. The number of carbonyl (C=O) groups excluding carboxylic acids is 1. The SMILES string of the molecule is Cc1ccc(S(=O)(=O)n2ccn(CC(=O)Nc3ccc(F)cc3)c2=O)cc1C. The van der Waals surface area contributed by atoms with E-state index in [0.717, 1.165) is 21.9 Å². The van der Waals surface area contributed by atoms with Crippen LogP contribution in [-0.4, -0.2) is 22.9 Å². The van der Waals surface area contributed by atoms with Crippen LogP contribution in [0.15, 0.2) is 64.5 Å². The lowest BCUT2D eigenvalue weighted by molar-refractivity contribution is -0.116. The van der Waals surface area contributed by atoms with Gasteiger partial charge in [0, 0.05) is 18.1 Å². The Morgan fingerprint density at radius 1 is 1.04 bits per heavy atom. The Bertz CT molecular complexity index is 1190. The molecule has 3 aromatic rings. The van der Waals surface area contributed by atoms with E-state index in [-0.39, 0.29) is 11.4 Å². The van der Waals surface area contributed by atoms with Crippen molar-refractivity contribution in [2.24, 2.45) is 0 Å². The quantitative estimate of drug-likeness (QED) is 0.708. The van der Waals surface area contributed by atoms with Crippen LogP contribution in [0.4, 0.5) is 10.1 Å². The zero-order valence-corrected chi connectivity index (χ0v) is 16.0. The Morgan fingerprint density at radius 3 is 2.36 bits per heavy atom. The fraction of sp³-hybridized carbons (Fsp3) is 0.158. The molecule has 1 N–H and O–H groups in total. The van der Waals surface area contributed by atoms with Gasteiger partial charge >= 0.3 is 5.69 Å². The molecule has 7 nitrogen and oxygen atoms in total. The molecule has 0 spiro atoms. The molecule has 3 rings (SSSR count). The largest absolute Gasteiger partial charge is 0.342 e. The molecule has 1 heterocycles. The van der Waals surface area contributed by atoms with Gasteiger partial charge in [0.05, 0.1) is 4.90 Å². The molecule has 0 bridgehead atoms. The Hall–Kier alpha value is -3.20. The van der Waals surface area contributed by atoms with Crippen LogP contribution < -0.4 is 11.0 Å². The molecule has 2 aromatic carbocycles. The van der Waals surface area contributed by atoms with E-state index >= 15 is 0 Å². The first-order chi connectivity index (χ1) is 13.2. The Labute approximate surface area is 161 Å². The average molecular weight is 403 g/mol. The predicted octanol–water partition coefficient (Wildman–Crippen LogP) is 2.28. The van der Waals surface area contributed by atoms with Crippen molar-refractivity contribution < 1.29 is 17.6 Å². The zero-order chi connectivity index (χ0) is 20.5. The first-order valence-corrected chi connectivity index (χ1v) is 9.78. The van der Waals surface area contributed by atoms with Crippen LogP contribution in [0.1, 0.15) is 11.1 Å². The van der Waals surface area contributed by atoms with Crippen molar-refractivity contribution in [2.45, 2.75) is 25.3 Å². The van der Waals surface area contributed by atoms with E-state index in [1.165, 1.54) is 42.6 Å². The van der Waals surface area contributed by atoms with Gasteiger partial charge in [0.15, 0.2) is 0 Å². The number of aryl methyl sites for hydroxylation is 2. The van der Waals surface area contributed by atoms with Crippen LogP contribution in [0, 0.1) is 19.7 Å². The monoisotopic (exact) mass is 403 g/mol. The third kappa shape index (κ3) is 3.89. The van der Waals surface area contributed by atoms with E-state index in [1.54, 1.807) is 13.0 Å². The Morgan fingerprint density at radius 2 is 1.71 bits per heavy atom. The maximum absolute atomic E-state index is 12.9. The summed E-state index contributed by atoms with van der Waals surface area (Å²) >= 11 is 0. The van der Waals surface area contributed by atoms with Crippen molar-refractivity contribution in [1.82, 2.24) is 8.54 Å². The molecule has 0 fully saturated rings. The molecule has 1 aromatic heterocycles.